The van der Waals surface area contributed by atoms with E-state index in [1.54, 1.807) is 0 Å². The smallest absolute Gasteiger partial charge is 0.142 e. The molecule has 0 spiro atoms. The molecule has 0 bridgehead atoms. The average molecular weight is 146 g/mol. The Morgan fingerprint density at radius 3 is 2.56 bits per heavy atom. The van der Waals surface area contributed by atoms with E-state index in [-0.39, 0.29) is 0 Å². The maximum atomic E-state index is 3.76. The van der Waals surface area contributed by atoms with Crippen LogP contribution in [0.5, 0.6) is 0 Å². The second-order valence-electron chi connectivity index (χ2n) is 2.28. The van der Waals surface area contributed by atoms with Gasteiger partial charge in [-0.1, -0.05) is 0 Å². The Labute approximate surface area is 62.2 Å². The summed E-state index contributed by atoms with van der Waals surface area (Å²) in [5.41, 5.74) is 0. The summed E-state index contributed by atoms with van der Waals surface area (Å²) in [7, 11) is 2.01. The molecule has 0 aliphatic heterocycles. The van der Waals surface area contributed by atoms with Crippen molar-refractivity contribution < 1.29 is 4.58 Å². The number of unbranched alkanes of at least 4 members (excludes halogenated alkanes) is 1. The van der Waals surface area contributed by atoms with Crippen molar-refractivity contribution in [1.82, 2.24) is 0 Å². The first-order valence-electron chi connectivity index (χ1n) is 3.28. The molecule has 0 aromatic rings. The van der Waals surface area contributed by atoms with Gasteiger partial charge >= 0.3 is 0 Å². The summed E-state index contributed by atoms with van der Waals surface area (Å²) in [5, 5.41) is 0. The van der Waals surface area contributed by atoms with Gasteiger partial charge in [0, 0.05) is 6.42 Å². The molecule has 0 rings (SSSR count). The van der Waals surface area contributed by atoms with E-state index in [1.807, 2.05) is 23.4 Å². The van der Waals surface area contributed by atoms with Crippen molar-refractivity contribution in [2.45, 2.75) is 12.8 Å². The fourth-order valence-electron chi connectivity index (χ4n) is 0.628. The van der Waals surface area contributed by atoms with Gasteiger partial charge in [-0.2, -0.15) is 11.8 Å². The van der Waals surface area contributed by atoms with Crippen molar-refractivity contribution in [3.05, 3.63) is 0 Å². The number of hydrogen-bond acceptors (Lipinski definition) is 1. The van der Waals surface area contributed by atoms with Gasteiger partial charge in [-0.25, -0.2) is 4.58 Å². The van der Waals surface area contributed by atoms with E-state index in [9.17, 15) is 0 Å². The van der Waals surface area contributed by atoms with Gasteiger partial charge in [-0.3, -0.25) is 0 Å². The average Bonchev–Trinajstić information content (AvgIpc) is 1.80. The molecule has 0 saturated carbocycles. The van der Waals surface area contributed by atoms with E-state index in [0.717, 1.165) is 6.54 Å². The highest BCUT2D eigenvalue weighted by atomic mass is 32.2. The Morgan fingerprint density at radius 1 is 1.44 bits per heavy atom. The Bertz CT molecular complexity index is 81.0. The van der Waals surface area contributed by atoms with E-state index >= 15 is 0 Å². The number of thioether (sulfide) groups is 1. The monoisotopic (exact) mass is 146 g/mol. The maximum Gasteiger partial charge on any atom is 0.142 e. The predicted octanol–water partition coefficient (Wildman–Crippen LogP) is 1.47. The van der Waals surface area contributed by atoms with Crippen LogP contribution in [0.2, 0.25) is 0 Å². The predicted molar refractivity (Wildman–Crippen MR) is 45.8 cm³/mol. The largest absolute Gasteiger partial charge is 0.245 e. The third-order valence-corrected chi connectivity index (χ3v) is 1.84. The van der Waals surface area contributed by atoms with Crippen LogP contribution >= 0.6 is 11.8 Å². The van der Waals surface area contributed by atoms with Gasteiger partial charge in [-0.15, -0.1) is 0 Å². The molecule has 0 aliphatic rings. The van der Waals surface area contributed by atoms with E-state index in [2.05, 4.69) is 13.0 Å². The first kappa shape index (κ1) is 9.02. The van der Waals surface area contributed by atoms with Crippen LogP contribution < -0.4 is 0 Å². The molecule has 0 saturated heterocycles. The van der Waals surface area contributed by atoms with Crippen molar-refractivity contribution in [1.29, 1.82) is 0 Å². The fraction of sp³-hybridized carbons (Fsp3) is 0.857. The Kier molecular flexibility index (Phi) is 6.16. The summed E-state index contributed by atoms with van der Waals surface area (Å²) in [5.74, 6) is 1.29. The summed E-state index contributed by atoms with van der Waals surface area (Å²) in [6.45, 7) is 4.89. The zero-order chi connectivity index (χ0) is 7.11. The van der Waals surface area contributed by atoms with Crippen LogP contribution in [0.15, 0.2) is 0 Å². The normalized spacial score (nSPS) is 9.56. The van der Waals surface area contributed by atoms with Crippen LogP contribution in [0.4, 0.5) is 0 Å². The van der Waals surface area contributed by atoms with Crippen LogP contribution in [0.3, 0.4) is 0 Å². The molecule has 0 heterocycles. The van der Waals surface area contributed by atoms with Gasteiger partial charge in [0.15, 0.2) is 0 Å². The molecule has 0 unspecified atom stereocenters. The lowest BCUT2D eigenvalue weighted by Crippen LogP contribution is -2.03. The van der Waals surface area contributed by atoms with Crippen LogP contribution in [-0.4, -0.2) is 36.9 Å². The molecular weight excluding hydrogens is 130 g/mol. The van der Waals surface area contributed by atoms with Crippen molar-refractivity contribution in [2.24, 2.45) is 0 Å². The molecule has 0 aromatic carbocycles. The Balaban J connectivity index is 2.83. The summed E-state index contributed by atoms with van der Waals surface area (Å²) in [4.78, 5) is 0. The minimum Gasteiger partial charge on any atom is -0.245 e. The molecule has 0 radical (unpaired) electrons. The summed E-state index contributed by atoms with van der Waals surface area (Å²) >= 11 is 1.91. The molecule has 2 heteroatoms. The van der Waals surface area contributed by atoms with E-state index < -0.39 is 0 Å². The first-order chi connectivity index (χ1) is 4.27. The van der Waals surface area contributed by atoms with Gasteiger partial charge in [0.05, 0.1) is 0 Å². The van der Waals surface area contributed by atoms with Crippen LogP contribution in [0.25, 0.3) is 0 Å². The highest BCUT2D eigenvalue weighted by Crippen LogP contribution is 1.98. The summed E-state index contributed by atoms with van der Waals surface area (Å²) in [6, 6.07) is 0. The standard InChI is InChI=1S/C7H16NS/c1-8(2)6-4-5-7-9-3/h1,4-7H2,2-3H3/q+1. The van der Waals surface area contributed by atoms with E-state index in [4.69, 9.17) is 0 Å². The van der Waals surface area contributed by atoms with Crippen LogP contribution in [0.1, 0.15) is 12.8 Å². The van der Waals surface area contributed by atoms with Crippen molar-refractivity contribution in [2.75, 3.05) is 25.6 Å². The zero-order valence-electron chi connectivity index (χ0n) is 6.39. The molecule has 0 aromatic heterocycles. The van der Waals surface area contributed by atoms with Gasteiger partial charge in [0.2, 0.25) is 0 Å². The summed E-state index contributed by atoms with van der Waals surface area (Å²) < 4.78 is 1.99. The minimum absolute atomic E-state index is 1.13. The number of nitrogens with zero attached hydrogens (tertiary/aromatic N) is 1. The van der Waals surface area contributed by atoms with Crippen LogP contribution in [-0.2, 0) is 0 Å². The van der Waals surface area contributed by atoms with E-state index in [1.165, 1.54) is 18.6 Å². The lowest BCUT2D eigenvalue weighted by Gasteiger charge is -1.94. The molecule has 0 N–H and O–H groups in total. The third-order valence-electron chi connectivity index (χ3n) is 1.14. The first-order valence-corrected chi connectivity index (χ1v) is 4.67. The molecule has 0 atom stereocenters. The lowest BCUT2D eigenvalue weighted by atomic mass is 10.3. The molecule has 1 nitrogen and oxygen atoms in total. The second-order valence-corrected chi connectivity index (χ2v) is 3.27. The maximum absolute atomic E-state index is 3.76. The SMILES string of the molecule is C=[N+](C)CCCCSC. The van der Waals surface area contributed by atoms with Crippen molar-refractivity contribution >= 4 is 18.5 Å². The Morgan fingerprint density at radius 2 is 2.11 bits per heavy atom. The highest BCUT2D eigenvalue weighted by Gasteiger charge is 1.90. The second kappa shape index (κ2) is 6.14. The third kappa shape index (κ3) is 8.02. The van der Waals surface area contributed by atoms with Gasteiger partial charge in [0.1, 0.15) is 20.3 Å². The lowest BCUT2D eigenvalue weighted by molar-refractivity contribution is -0.488. The molecule has 0 aliphatic carbocycles. The quantitative estimate of drug-likeness (QED) is 0.322. The van der Waals surface area contributed by atoms with Gasteiger partial charge in [-0.05, 0) is 18.4 Å². The zero-order valence-corrected chi connectivity index (χ0v) is 7.21. The molecule has 0 fully saturated rings. The minimum atomic E-state index is 1.13. The van der Waals surface area contributed by atoms with Crippen molar-refractivity contribution in [3.63, 3.8) is 0 Å². The van der Waals surface area contributed by atoms with Gasteiger partial charge < -0.3 is 0 Å². The number of rotatable bonds is 5. The molecule has 54 valence electrons. The molecule has 0 amide bonds. The fourth-order valence-corrected chi connectivity index (χ4v) is 1.12. The van der Waals surface area contributed by atoms with Crippen molar-refractivity contribution in [3.8, 4) is 0 Å². The topological polar surface area (TPSA) is 3.01 Å². The Hall–Kier alpha value is 0.0200. The highest BCUT2D eigenvalue weighted by molar-refractivity contribution is 7.98. The van der Waals surface area contributed by atoms with Gasteiger partial charge in [0.25, 0.3) is 0 Å². The summed E-state index contributed by atoms with van der Waals surface area (Å²) in [6.07, 6.45) is 4.75. The van der Waals surface area contributed by atoms with Crippen LogP contribution in [0, 0.1) is 0 Å². The molecule has 9 heavy (non-hydrogen) atoms. The number of hydrogen-bond donors (Lipinski definition) is 0. The molecular formula is C7H16NS+. The van der Waals surface area contributed by atoms with E-state index in [0.29, 0.717) is 0 Å².